The van der Waals surface area contributed by atoms with Crippen molar-refractivity contribution < 1.29 is 9.53 Å². The van der Waals surface area contributed by atoms with Crippen LogP contribution in [0.5, 0.6) is 0 Å². The molecule has 0 radical (unpaired) electrons. The number of hydrogen-bond acceptors (Lipinski definition) is 4. The fourth-order valence-corrected chi connectivity index (χ4v) is 3.39. The highest BCUT2D eigenvalue weighted by molar-refractivity contribution is 9.10. The Morgan fingerprint density at radius 2 is 1.96 bits per heavy atom. The lowest BCUT2D eigenvalue weighted by Gasteiger charge is -2.33. The van der Waals surface area contributed by atoms with Crippen LogP contribution >= 0.6 is 15.9 Å². The van der Waals surface area contributed by atoms with Gasteiger partial charge >= 0.3 is 6.09 Å². The fourth-order valence-electron chi connectivity index (χ4n) is 3.01. The maximum Gasteiger partial charge on any atom is 0.410 e. The number of benzene rings is 1. The zero-order valence-electron chi connectivity index (χ0n) is 14.7. The van der Waals surface area contributed by atoms with E-state index in [2.05, 4.69) is 21.0 Å². The monoisotopic (exact) mass is 407 g/mol. The average molecular weight is 408 g/mol. The van der Waals surface area contributed by atoms with Crippen LogP contribution in [0.15, 0.2) is 33.7 Å². The van der Waals surface area contributed by atoms with Gasteiger partial charge in [0.15, 0.2) is 0 Å². The Morgan fingerprint density at radius 1 is 1.28 bits per heavy atom. The van der Waals surface area contributed by atoms with Gasteiger partial charge in [-0.3, -0.25) is 4.79 Å². The summed E-state index contributed by atoms with van der Waals surface area (Å²) in [6.45, 7) is 6.69. The van der Waals surface area contributed by atoms with Gasteiger partial charge in [0.1, 0.15) is 5.60 Å². The highest BCUT2D eigenvalue weighted by Gasteiger charge is 2.28. The van der Waals surface area contributed by atoms with Gasteiger partial charge in [-0.1, -0.05) is 15.9 Å². The van der Waals surface area contributed by atoms with Gasteiger partial charge in [-0.25, -0.2) is 9.48 Å². The number of rotatable bonds is 1. The molecule has 25 heavy (non-hydrogen) atoms. The number of nitrogens with zero attached hydrogens (tertiary/aromatic N) is 3. The molecule has 0 bridgehead atoms. The van der Waals surface area contributed by atoms with Gasteiger partial charge in [0.2, 0.25) is 0 Å². The lowest BCUT2D eigenvalue weighted by Crippen LogP contribution is -2.43. The van der Waals surface area contributed by atoms with Crippen LogP contribution in [0.1, 0.15) is 39.7 Å². The molecule has 1 aliphatic rings. The maximum absolute atomic E-state index is 12.7. The predicted octanol–water partition coefficient (Wildman–Crippen LogP) is 3.73. The molecule has 1 amide bonds. The summed E-state index contributed by atoms with van der Waals surface area (Å²) in [5.41, 5.74) is -0.584. The number of carbonyl (C=O) groups is 1. The van der Waals surface area contributed by atoms with E-state index < -0.39 is 5.60 Å². The first-order valence-corrected chi connectivity index (χ1v) is 9.19. The Labute approximate surface area is 154 Å². The number of hydrogen-bond donors (Lipinski definition) is 0. The summed E-state index contributed by atoms with van der Waals surface area (Å²) >= 11 is 3.41. The van der Waals surface area contributed by atoms with Crippen LogP contribution in [0, 0.1) is 0 Å². The van der Waals surface area contributed by atoms with Crippen LogP contribution in [-0.2, 0) is 4.74 Å². The van der Waals surface area contributed by atoms with Crippen molar-refractivity contribution in [3.05, 3.63) is 39.2 Å². The van der Waals surface area contributed by atoms with Gasteiger partial charge in [0.25, 0.3) is 5.56 Å². The second-order valence-electron chi connectivity index (χ2n) is 7.32. The second kappa shape index (κ2) is 6.78. The summed E-state index contributed by atoms with van der Waals surface area (Å²) in [4.78, 5) is 26.6. The van der Waals surface area contributed by atoms with Crippen molar-refractivity contribution in [3.63, 3.8) is 0 Å². The number of amides is 1. The molecule has 2 aromatic rings. The Morgan fingerprint density at radius 3 is 2.60 bits per heavy atom. The molecular weight excluding hydrogens is 386 g/mol. The molecule has 0 atom stereocenters. The summed E-state index contributed by atoms with van der Waals surface area (Å²) in [5.74, 6) is 0. The first-order valence-electron chi connectivity index (χ1n) is 8.39. The van der Waals surface area contributed by atoms with Crippen LogP contribution < -0.4 is 5.56 Å². The molecule has 0 unspecified atom stereocenters. The van der Waals surface area contributed by atoms with Crippen LogP contribution in [0.2, 0.25) is 0 Å². The summed E-state index contributed by atoms with van der Waals surface area (Å²) in [7, 11) is 0. The summed E-state index contributed by atoms with van der Waals surface area (Å²) in [5, 5.41) is 5.83. The zero-order chi connectivity index (χ0) is 18.2. The third kappa shape index (κ3) is 4.03. The van der Waals surface area contributed by atoms with Gasteiger partial charge in [0, 0.05) is 22.9 Å². The van der Waals surface area contributed by atoms with Crippen LogP contribution in [0.3, 0.4) is 0 Å². The zero-order valence-corrected chi connectivity index (χ0v) is 16.2. The van der Waals surface area contributed by atoms with E-state index in [0.29, 0.717) is 31.3 Å². The Hall–Kier alpha value is -1.89. The summed E-state index contributed by atoms with van der Waals surface area (Å²) in [6, 6.07) is 5.56. The summed E-state index contributed by atoms with van der Waals surface area (Å²) < 4.78 is 7.89. The Bertz CT molecular complexity index is 849. The largest absolute Gasteiger partial charge is 0.444 e. The molecule has 1 fully saturated rings. The molecule has 1 aromatic carbocycles. The standard InChI is InChI=1S/C18H22BrN3O3/c1-18(2,3)25-17(24)21-8-6-14(7-9-21)22-16(23)15-5-4-13(19)10-12(15)11-20-22/h4-5,10-11,14H,6-9H2,1-3H3. The Balaban J connectivity index is 1.74. The summed E-state index contributed by atoms with van der Waals surface area (Å²) in [6.07, 6.45) is 2.80. The molecule has 0 aliphatic carbocycles. The van der Waals surface area contributed by atoms with Crippen molar-refractivity contribution in [2.24, 2.45) is 0 Å². The maximum atomic E-state index is 12.7. The van der Waals surface area contributed by atoms with E-state index >= 15 is 0 Å². The third-order valence-electron chi connectivity index (χ3n) is 4.24. The number of piperidine rings is 1. The second-order valence-corrected chi connectivity index (χ2v) is 8.24. The number of ether oxygens (including phenoxy) is 1. The van der Waals surface area contributed by atoms with E-state index in [1.807, 2.05) is 39.0 Å². The molecule has 6 nitrogen and oxygen atoms in total. The molecule has 1 aromatic heterocycles. The minimum atomic E-state index is -0.501. The molecule has 3 rings (SSSR count). The van der Waals surface area contributed by atoms with Gasteiger partial charge in [0.05, 0.1) is 17.6 Å². The molecule has 0 spiro atoms. The minimum Gasteiger partial charge on any atom is -0.444 e. The minimum absolute atomic E-state index is 0.000710. The molecule has 1 saturated heterocycles. The van der Waals surface area contributed by atoms with Crippen LogP contribution in [0.4, 0.5) is 4.79 Å². The number of carbonyl (C=O) groups excluding carboxylic acids is 1. The lowest BCUT2D eigenvalue weighted by molar-refractivity contribution is 0.0183. The molecule has 7 heteroatoms. The number of halogens is 1. The van der Waals surface area contributed by atoms with Gasteiger partial charge < -0.3 is 9.64 Å². The Kier molecular flexibility index (Phi) is 4.86. The average Bonchev–Trinajstić information content (AvgIpc) is 2.53. The molecule has 134 valence electrons. The predicted molar refractivity (Wildman–Crippen MR) is 99.8 cm³/mol. The molecule has 0 N–H and O–H groups in total. The molecule has 1 aliphatic heterocycles. The van der Waals surface area contributed by atoms with Crippen molar-refractivity contribution in [2.45, 2.75) is 45.3 Å². The van der Waals surface area contributed by atoms with Crippen molar-refractivity contribution in [2.75, 3.05) is 13.1 Å². The molecule has 2 heterocycles. The molecular formula is C18H22BrN3O3. The number of likely N-dealkylation sites (tertiary alicyclic amines) is 1. The van der Waals surface area contributed by atoms with Crippen molar-refractivity contribution in [1.29, 1.82) is 0 Å². The first-order chi connectivity index (χ1) is 11.7. The topological polar surface area (TPSA) is 64.4 Å². The van der Waals surface area contributed by atoms with Crippen LogP contribution in [0.25, 0.3) is 10.8 Å². The van der Waals surface area contributed by atoms with Gasteiger partial charge in [-0.05, 0) is 51.8 Å². The van der Waals surface area contributed by atoms with Crippen LogP contribution in [-0.4, -0.2) is 39.5 Å². The highest BCUT2D eigenvalue weighted by Crippen LogP contribution is 2.23. The van der Waals surface area contributed by atoms with E-state index in [9.17, 15) is 9.59 Å². The van der Waals surface area contributed by atoms with Crippen molar-refractivity contribution in [1.82, 2.24) is 14.7 Å². The van der Waals surface area contributed by atoms with E-state index in [4.69, 9.17) is 4.74 Å². The van der Waals surface area contributed by atoms with E-state index in [1.54, 1.807) is 15.8 Å². The fraction of sp³-hybridized carbons (Fsp3) is 0.500. The highest BCUT2D eigenvalue weighted by atomic mass is 79.9. The van der Waals surface area contributed by atoms with E-state index in [-0.39, 0.29) is 17.7 Å². The van der Waals surface area contributed by atoms with Gasteiger partial charge in [-0.15, -0.1) is 0 Å². The van der Waals surface area contributed by atoms with Crippen molar-refractivity contribution in [3.8, 4) is 0 Å². The number of aromatic nitrogens is 2. The SMILES string of the molecule is CC(C)(C)OC(=O)N1CCC(n2ncc3cc(Br)ccc3c2=O)CC1. The van der Waals surface area contributed by atoms with E-state index in [1.165, 1.54) is 0 Å². The lowest BCUT2D eigenvalue weighted by atomic mass is 10.1. The third-order valence-corrected chi connectivity index (χ3v) is 4.73. The normalized spacial score (nSPS) is 16.2. The smallest absolute Gasteiger partial charge is 0.410 e. The molecule has 0 saturated carbocycles. The number of fused-ring (bicyclic) bond motifs is 1. The van der Waals surface area contributed by atoms with E-state index in [0.717, 1.165) is 9.86 Å². The first kappa shape index (κ1) is 17.9. The van der Waals surface area contributed by atoms with Gasteiger partial charge in [-0.2, -0.15) is 5.10 Å². The quantitative estimate of drug-likeness (QED) is 0.722. The van der Waals surface area contributed by atoms with Crippen molar-refractivity contribution >= 4 is 32.8 Å².